The second kappa shape index (κ2) is 5.17. The Hall–Kier alpha value is -0.900. The fourth-order valence-electron chi connectivity index (χ4n) is 2.29. The Bertz CT molecular complexity index is 365. The van der Waals surface area contributed by atoms with E-state index >= 15 is 0 Å². The summed E-state index contributed by atoms with van der Waals surface area (Å²) >= 11 is 0. The maximum Gasteiger partial charge on any atom is 0.0594 e. The van der Waals surface area contributed by atoms with Gasteiger partial charge in [0, 0.05) is 25.2 Å². The van der Waals surface area contributed by atoms with Crippen LogP contribution >= 0.6 is 0 Å². The lowest BCUT2D eigenvalue weighted by Crippen LogP contribution is -2.37. The molecular formula is C14H22N2O. The van der Waals surface area contributed by atoms with E-state index in [1.165, 1.54) is 11.1 Å². The minimum absolute atomic E-state index is 0.275. The summed E-state index contributed by atoms with van der Waals surface area (Å²) < 4.78 is 5.37. The summed E-state index contributed by atoms with van der Waals surface area (Å²) in [6.45, 7) is 8.80. The molecule has 1 saturated heterocycles. The van der Waals surface area contributed by atoms with Gasteiger partial charge in [-0.25, -0.2) is 0 Å². The minimum Gasteiger partial charge on any atom is -0.379 e. The van der Waals surface area contributed by atoms with E-state index in [1.54, 1.807) is 0 Å². The SMILES string of the molecule is CC(C)(N)c1ccccc1CN1CCOCC1. The molecule has 0 atom stereocenters. The van der Waals surface area contributed by atoms with E-state index < -0.39 is 0 Å². The lowest BCUT2D eigenvalue weighted by molar-refractivity contribution is 0.0340. The molecule has 0 bridgehead atoms. The molecule has 0 unspecified atom stereocenters. The molecule has 0 radical (unpaired) electrons. The number of hydrogen-bond donors (Lipinski definition) is 1. The lowest BCUT2D eigenvalue weighted by Gasteiger charge is -2.29. The molecule has 94 valence electrons. The highest BCUT2D eigenvalue weighted by Gasteiger charge is 2.19. The number of benzene rings is 1. The Morgan fingerprint density at radius 2 is 1.88 bits per heavy atom. The Morgan fingerprint density at radius 1 is 1.24 bits per heavy atom. The Balaban J connectivity index is 2.14. The molecule has 0 saturated carbocycles. The van der Waals surface area contributed by atoms with Crippen LogP contribution < -0.4 is 5.73 Å². The highest BCUT2D eigenvalue weighted by molar-refractivity contribution is 5.32. The molecule has 0 aliphatic carbocycles. The van der Waals surface area contributed by atoms with Crippen LogP contribution in [0.1, 0.15) is 25.0 Å². The van der Waals surface area contributed by atoms with Gasteiger partial charge in [-0.3, -0.25) is 4.90 Å². The Kier molecular flexibility index (Phi) is 3.82. The van der Waals surface area contributed by atoms with Gasteiger partial charge in [-0.05, 0) is 25.0 Å². The van der Waals surface area contributed by atoms with Gasteiger partial charge in [0.2, 0.25) is 0 Å². The van der Waals surface area contributed by atoms with Crippen LogP contribution in [-0.4, -0.2) is 31.2 Å². The average molecular weight is 234 g/mol. The Labute approximate surface area is 104 Å². The van der Waals surface area contributed by atoms with Crippen LogP contribution in [0.5, 0.6) is 0 Å². The maximum atomic E-state index is 6.22. The molecule has 1 heterocycles. The average Bonchev–Trinajstić information content (AvgIpc) is 2.30. The van der Waals surface area contributed by atoms with E-state index in [-0.39, 0.29) is 5.54 Å². The Morgan fingerprint density at radius 3 is 2.53 bits per heavy atom. The van der Waals surface area contributed by atoms with E-state index in [1.807, 2.05) is 0 Å². The van der Waals surface area contributed by atoms with Crippen LogP contribution in [0.4, 0.5) is 0 Å². The van der Waals surface area contributed by atoms with Gasteiger partial charge in [0.25, 0.3) is 0 Å². The summed E-state index contributed by atoms with van der Waals surface area (Å²) in [7, 11) is 0. The zero-order valence-electron chi connectivity index (χ0n) is 10.8. The number of rotatable bonds is 3. The third-order valence-corrected chi connectivity index (χ3v) is 3.21. The van der Waals surface area contributed by atoms with Crippen molar-refractivity contribution in [3.63, 3.8) is 0 Å². The molecule has 1 aromatic carbocycles. The molecule has 0 amide bonds. The van der Waals surface area contributed by atoms with E-state index in [0.29, 0.717) is 0 Å². The number of ether oxygens (including phenoxy) is 1. The van der Waals surface area contributed by atoms with Crippen LogP contribution in [0, 0.1) is 0 Å². The first kappa shape index (κ1) is 12.6. The van der Waals surface area contributed by atoms with Crippen molar-refractivity contribution in [3.05, 3.63) is 35.4 Å². The molecule has 1 aliphatic rings. The van der Waals surface area contributed by atoms with Crippen LogP contribution in [-0.2, 0) is 16.8 Å². The van der Waals surface area contributed by atoms with Crippen LogP contribution in [0.15, 0.2) is 24.3 Å². The maximum absolute atomic E-state index is 6.22. The summed E-state index contributed by atoms with van der Waals surface area (Å²) in [5.74, 6) is 0. The molecule has 17 heavy (non-hydrogen) atoms. The van der Waals surface area contributed by atoms with Crippen LogP contribution in [0.3, 0.4) is 0 Å². The van der Waals surface area contributed by atoms with Crippen LogP contribution in [0.25, 0.3) is 0 Å². The minimum atomic E-state index is -0.275. The molecule has 3 nitrogen and oxygen atoms in total. The van der Waals surface area contributed by atoms with Crippen LogP contribution in [0.2, 0.25) is 0 Å². The topological polar surface area (TPSA) is 38.5 Å². The van der Waals surface area contributed by atoms with Gasteiger partial charge in [-0.15, -0.1) is 0 Å². The van der Waals surface area contributed by atoms with E-state index in [9.17, 15) is 0 Å². The predicted molar refractivity (Wildman–Crippen MR) is 69.8 cm³/mol. The number of morpholine rings is 1. The van der Waals surface area contributed by atoms with E-state index in [4.69, 9.17) is 10.5 Å². The molecular weight excluding hydrogens is 212 g/mol. The summed E-state index contributed by atoms with van der Waals surface area (Å²) in [6, 6.07) is 8.47. The summed E-state index contributed by atoms with van der Waals surface area (Å²) in [5, 5.41) is 0. The first-order valence-electron chi connectivity index (χ1n) is 6.25. The summed E-state index contributed by atoms with van der Waals surface area (Å²) in [6.07, 6.45) is 0. The zero-order valence-corrected chi connectivity index (χ0v) is 10.8. The van der Waals surface area contributed by atoms with Gasteiger partial charge >= 0.3 is 0 Å². The van der Waals surface area contributed by atoms with Crippen molar-refractivity contribution in [2.45, 2.75) is 25.9 Å². The quantitative estimate of drug-likeness (QED) is 0.865. The van der Waals surface area contributed by atoms with Crippen molar-refractivity contribution in [1.82, 2.24) is 4.90 Å². The molecule has 1 aliphatic heterocycles. The molecule has 0 spiro atoms. The molecule has 1 aromatic rings. The van der Waals surface area contributed by atoms with Gasteiger partial charge in [0.05, 0.1) is 13.2 Å². The monoisotopic (exact) mass is 234 g/mol. The van der Waals surface area contributed by atoms with Crippen molar-refractivity contribution >= 4 is 0 Å². The second-order valence-corrected chi connectivity index (χ2v) is 5.27. The molecule has 0 aromatic heterocycles. The van der Waals surface area contributed by atoms with Gasteiger partial charge in [-0.1, -0.05) is 24.3 Å². The first-order valence-corrected chi connectivity index (χ1v) is 6.25. The van der Waals surface area contributed by atoms with Crippen molar-refractivity contribution in [2.75, 3.05) is 26.3 Å². The second-order valence-electron chi connectivity index (χ2n) is 5.27. The highest BCUT2D eigenvalue weighted by atomic mass is 16.5. The molecule has 1 fully saturated rings. The normalized spacial score (nSPS) is 18.3. The summed E-state index contributed by atoms with van der Waals surface area (Å²) in [5.41, 5.74) is 8.52. The van der Waals surface area contributed by atoms with Gasteiger partial charge in [0.15, 0.2) is 0 Å². The standard InChI is InChI=1S/C14H22N2O/c1-14(2,15)13-6-4-3-5-12(13)11-16-7-9-17-10-8-16/h3-6H,7-11,15H2,1-2H3. The zero-order chi connectivity index (χ0) is 12.3. The highest BCUT2D eigenvalue weighted by Crippen LogP contribution is 2.22. The van der Waals surface area contributed by atoms with Gasteiger partial charge in [-0.2, -0.15) is 0 Å². The third-order valence-electron chi connectivity index (χ3n) is 3.21. The number of hydrogen-bond acceptors (Lipinski definition) is 3. The fraction of sp³-hybridized carbons (Fsp3) is 0.571. The third kappa shape index (κ3) is 3.28. The van der Waals surface area contributed by atoms with E-state index in [2.05, 4.69) is 43.0 Å². The fourth-order valence-corrected chi connectivity index (χ4v) is 2.29. The molecule has 3 heteroatoms. The largest absolute Gasteiger partial charge is 0.379 e. The number of nitrogens with two attached hydrogens (primary N) is 1. The predicted octanol–water partition coefficient (Wildman–Crippen LogP) is 1.71. The first-order chi connectivity index (χ1) is 8.07. The van der Waals surface area contributed by atoms with Crippen molar-refractivity contribution in [3.8, 4) is 0 Å². The van der Waals surface area contributed by atoms with Gasteiger partial charge in [0.1, 0.15) is 0 Å². The van der Waals surface area contributed by atoms with Crippen molar-refractivity contribution in [2.24, 2.45) is 5.73 Å². The number of nitrogens with zero attached hydrogens (tertiary/aromatic N) is 1. The van der Waals surface area contributed by atoms with Crippen molar-refractivity contribution < 1.29 is 4.74 Å². The van der Waals surface area contributed by atoms with E-state index in [0.717, 1.165) is 32.8 Å². The lowest BCUT2D eigenvalue weighted by atomic mass is 9.91. The molecule has 2 N–H and O–H groups in total. The summed E-state index contributed by atoms with van der Waals surface area (Å²) in [4.78, 5) is 2.42. The smallest absolute Gasteiger partial charge is 0.0594 e. The molecule has 2 rings (SSSR count). The van der Waals surface area contributed by atoms with Crippen molar-refractivity contribution in [1.29, 1.82) is 0 Å². The van der Waals surface area contributed by atoms with Gasteiger partial charge < -0.3 is 10.5 Å².